The van der Waals surface area contributed by atoms with Gasteiger partial charge < -0.3 is 5.11 Å². The number of carbonyl (C=O) groups is 1. The van der Waals surface area contributed by atoms with Crippen LogP contribution in [0.25, 0.3) is 0 Å². The van der Waals surface area contributed by atoms with Crippen LogP contribution in [-0.2, 0) is 4.79 Å². The molecule has 74 valence electrons. The zero-order valence-electron chi connectivity index (χ0n) is 8.47. The number of rotatable bonds is 2. The molecule has 1 N–H and O–H groups in total. The monoisotopic (exact) mass is 182 g/mol. The van der Waals surface area contributed by atoms with E-state index < -0.39 is 5.97 Å². The third kappa shape index (κ3) is 2.58. The van der Waals surface area contributed by atoms with Crippen LogP contribution in [-0.4, -0.2) is 11.1 Å². The van der Waals surface area contributed by atoms with E-state index in [1.807, 2.05) is 6.92 Å². The van der Waals surface area contributed by atoms with E-state index in [4.69, 9.17) is 5.11 Å². The Labute approximate surface area is 79.6 Å². The maximum Gasteiger partial charge on any atom is 0.331 e. The molecule has 1 rings (SSSR count). The molecule has 0 aliphatic heterocycles. The van der Waals surface area contributed by atoms with E-state index in [-0.39, 0.29) is 0 Å². The van der Waals surface area contributed by atoms with Crippen LogP contribution in [0, 0.1) is 5.92 Å². The molecule has 0 unspecified atom stereocenters. The second-order valence-electron chi connectivity index (χ2n) is 3.95. The molecule has 0 radical (unpaired) electrons. The fraction of sp³-hybridized carbons (Fsp3) is 0.727. The van der Waals surface area contributed by atoms with Crippen molar-refractivity contribution in [1.29, 1.82) is 0 Å². The van der Waals surface area contributed by atoms with E-state index in [9.17, 15) is 4.79 Å². The predicted octanol–water partition coefficient (Wildman–Crippen LogP) is 2.99. The Morgan fingerprint density at radius 3 is 2.15 bits per heavy atom. The van der Waals surface area contributed by atoms with Gasteiger partial charge in [0, 0.05) is 5.57 Å². The number of hydrogen-bond donors (Lipinski definition) is 1. The second kappa shape index (κ2) is 4.45. The Balaban J connectivity index is 2.68. The van der Waals surface area contributed by atoms with Gasteiger partial charge in [-0.3, -0.25) is 0 Å². The summed E-state index contributed by atoms with van der Waals surface area (Å²) in [6.07, 6.45) is 6.19. The van der Waals surface area contributed by atoms with E-state index in [1.54, 1.807) is 6.92 Å². The van der Waals surface area contributed by atoms with Crippen LogP contribution in [0.4, 0.5) is 0 Å². The molecular weight excluding hydrogens is 164 g/mol. The highest BCUT2D eigenvalue weighted by molar-refractivity contribution is 5.86. The van der Waals surface area contributed by atoms with Gasteiger partial charge in [0.25, 0.3) is 0 Å². The number of hydrogen-bond acceptors (Lipinski definition) is 1. The molecule has 1 aliphatic rings. The first kappa shape index (κ1) is 10.3. The Morgan fingerprint density at radius 1 is 1.15 bits per heavy atom. The maximum absolute atomic E-state index is 10.7. The summed E-state index contributed by atoms with van der Waals surface area (Å²) in [5, 5.41) is 8.83. The maximum atomic E-state index is 10.7. The highest BCUT2D eigenvalue weighted by Gasteiger charge is 2.18. The molecule has 0 saturated heterocycles. The molecule has 0 aromatic heterocycles. The summed E-state index contributed by atoms with van der Waals surface area (Å²) in [5.74, 6) is -0.229. The lowest BCUT2D eigenvalue weighted by molar-refractivity contribution is -0.132. The largest absolute Gasteiger partial charge is 0.478 e. The number of allylic oxidation sites excluding steroid dienone is 1. The van der Waals surface area contributed by atoms with Gasteiger partial charge in [-0.05, 0) is 32.6 Å². The molecule has 1 fully saturated rings. The first-order chi connectivity index (χ1) is 6.13. The Morgan fingerprint density at radius 2 is 1.69 bits per heavy atom. The van der Waals surface area contributed by atoms with E-state index in [0.717, 1.165) is 5.57 Å². The summed E-state index contributed by atoms with van der Waals surface area (Å²) in [7, 11) is 0. The molecule has 2 nitrogen and oxygen atoms in total. The van der Waals surface area contributed by atoms with Gasteiger partial charge in [0.1, 0.15) is 0 Å². The van der Waals surface area contributed by atoms with Crippen LogP contribution in [0.2, 0.25) is 0 Å². The topological polar surface area (TPSA) is 37.3 Å². The van der Waals surface area contributed by atoms with Gasteiger partial charge >= 0.3 is 5.97 Å². The van der Waals surface area contributed by atoms with Crippen molar-refractivity contribution in [3.8, 4) is 0 Å². The number of aliphatic carboxylic acids is 1. The van der Waals surface area contributed by atoms with Crippen molar-refractivity contribution in [2.24, 2.45) is 5.92 Å². The average molecular weight is 182 g/mol. The minimum Gasteiger partial charge on any atom is -0.478 e. The van der Waals surface area contributed by atoms with E-state index in [0.29, 0.717) is 11.5 Å². The van der Waals surface area contributed by atoms with Crippen molar-refractivity contribution in [2.75, 3.05) is 0 Å². The Kier molecular flexibility index (Phi) is 3.52. The van der Waals surface area contributed by atoms with Crippen molar-refractivity contribution >= 4 is 5.97 Å². The minimum atomic E-state index is -0.761. The zero-order valence-corrected chi connectivity index (χ0v) is 8.47. The molecule has 1 saturated carbocycles. The zero-order chi connectivity index (χ0) is 9.84. The molecule has 0 aromatic rings. The van der Waals surface area contributed by atoms with Crippen LogP contribution in [0.5, 0.6) is 0 Å². The van der Waals surface area contributed by atoms with Gasteiger partial charge in [-0.2, -0.15) is 0 Å². The molecule has 13 heavy (non-hydrogen) atoms. The Bertz CT molecular complexity index is 222. The molecule has 2 heteroatoms. The molecular formula is C11H18O2. The van der Waals surface area contributed by atoms with Crippen LogP contribution in [0.1, 0.15) is 46.0 Å². The van der Waals surface area contributed by atoms with Gasteiger partial charge in [0.2, 0.25) is 0 Å². The van der Waals surface area contributed by atoms with Crippen molar-refractivity contribution in [1.82, 2.24) is 0 Å². The van der Waals surface area contributed by atoms with Crippen LogP contribution in [0.3, 0.4) is 0 Å². The van der Waals surface area contributed by atoms with E-state index >= 15 is 0 Å². The first-order valence-corrected chi connectivity index (χ1v) is 5.03. The summed E-state index contributed by atoms with van der Waals surface area (Å²) in [6, 6.07) is 0. The summed E-state index contributed by atoms with van der Waals surface area (Å²) in [6.45, 7) is 3.69. The first-order valence-electron chi connectivity index (χ1n) is 5.03. The molecule has 0 amide bonds. The molecule has 0 aromatic carbocycles. The lowest BCUT2D eigenvalue weighted by Crippen LogP contribution is -2.11. The fourth-order valence-electron chi connectivity index (χ4n) is 2.01. The normalized spacial score (nSPS) is 21.1. The van der Waals surface area contributed by atoms with Crippen molar-refractivity contribution < 1.29 is 9.90 Å². The lowest BCUT2D eigenvalue weighted by atomic mass is 9.83. The molecule has 0 heterocycles. The SMILES string of the molecule is C/C(C(=O)O)=C(\C)C1CCCCC1. The summed E-state index contributed by atoms with van der Waals surface area (Å²) < 4.78 is 0. The molecule has 0 atom stereocenters. The summed E-state index contributed by atoms with van der Waals surface area (Å²) in [4.78, 5) is 10.7. The van der Waals surface area contributed by atoms with Gasteiger partial charge in [0.15, 0.2) is 0 Å². The smallest absolute Gasteiger partial charge is 0.331 e. The van der Waals surface area contributed by atoms with Gasteiger partial charge in [0.05, 0.1) is 0 Å². The fourth-order valence-corrected chi connectivity index (χ4v) is 2.01. The lowest BCUT2D eigenvalue weighted by Gasteiger charge is -2.23. The van der Waals surface area contributed by atoms with Crippen molar-refractivity contribution in [3.05, 3.63) is 11.1 Å². The molecule has 1 aliphatic carbocycles. The van der Waals surface area contributed by atoms with Crippen LogP contribution in [0.15, 0.2) is 11.1 Å². The number of carboxylic acid groups (broad SMARTS) is 1. The predicted molar refractivity (Wildman–Crippen MR) is 52.6 cm³/mol. The third-order valence-corrected chi connectivity index (χ3v) is 3.13. The van der Waals surface area contributed by atoms with E-state index in [2.05, 4.69) is 0 Å². The number of carboxylic acids is 1. The summed E-state index contributed by atoms with van der Waals surface area (Å²) in [5.41, 5.74) is 1.64. The van der Waals surface area contributed by atoms with Crippen LogP contribution < -0.4 is 0 Å². The molecule has 0 bridgehead atoms. The average Bonchev–Trinajstić information content (AvgIpc) is 2.17. The third-order valence-electron chi connectivity index (χ3n) is 3.13. The quantitative estimate of drug-likeness (QED) is 0.666. The standard InChI is InChI=1S/C11H18O2/c1-8(9(2)11(12)13)10-6-4-3-5-7-10/h10H,3-7H2,1-2H3,(H,12,13)/b9-8-. The summed E-state index contributed by atoms with van der Waals surface area (Å²) >= 11 is 0. The Hall–Kier alpha value is -0.790. The second-order valence-corrected chi connectivity index (χ2v) is 3.95. The molecule has 0 spiro atoms. The highest BCUT2D eigenvalue weighted by atomic mass is 16.4. The highest BCUT2D eigenvalue weighted by Crippen LogP contribution is 2.30. The van der Waals surface area contributed by atoms with Gasteiger partial charge in [-0.15, -0.1) is 0 Å². The van der Waals surface area contributed by atoms with Crippen molar-refractivity contribution in [3.63, 3.8) is 0 Å². The minimum absolute atomic E-state index is 0.532. The van der Waals surface area contributed by atoms with Crippen molar-refractivity contribution in [2.45, 2.75) is 46.0 Å². The van der Waals surface area contributed by atoms with E-state index in [1.165, 1.54) is 32.1 Å². The van der Waals surface area contributed by atoms with Gasteiger partial charge in [-0.1, -0.05) is 24.8 Å². The van der Waals surface area contributed by atoms with Gasteiger partial charge in [-0.25, -0.2) is 4.79 Å². The van der Waals surface area contributed by atoms with Crippen LogP contribution >= 0.6 is 0 Å².